The van der Waals surface area contributed by atoms with Gasteiger partial charge in [-0.15, -0.1) is 0 Å². The van der Waals surface area contributed by atoms with Crippen LogP contribution in [0.25, 0.3) is 0 Å². The summed E-state index contributed by atoms with van der Waals surface area (Å²) in [6.45, 7) is 3.91. The van der Waals surface area contributed by atoms with Gasteiger partial charge in [-0.25, -0.2) is 5.01 Å². The molecule has 3 aliphatic rings. The number of aliphatic hydroxyl groups is 1. The Balaban J connectivity index is 2.00. The number of nitrogens with zero attached hydrogens (tertiary/aromatic N) is 2. The maximum atomic E-state index is 11.5. The molecule has 2 N–H and O–H groups in total. The van der Waals surface area contributed by atoms with E-state index >= 15 is 0 Å². The van der Waals surface area contributed by atoms with Crippen molar-refractivity contribution in [2.45, 2.75) is 82.9 Å². The Morgan fingerprint density at radius 1 is 1.19 bits per heavy atom. The van der Waals surface area contributed by atoms with Crippen LogP contribution in [0.3, 0.4) is 0 Å². The minimum Gasteiger partial charge on any atom is -0.369 e. The second kappa shape index (κ2) is 5.51. The van der Waals surface area contributed by atoms with Gasteiger partial charge >= 0.3 is 0 Å². The molecule has 4 nitrogen and oxygen atoms in total. The van der Waals surface area contributed by atoms with Gasteiger partial charge in [-0.1, -0.05) is 25.7 Å². The largest absolute Gasteiger partial charge is 0.369 e. The van der Waals surface area contributed by atoms with Crippen LogP contribution in [0.15, 0.2) is 5.10 Å². The molecule has 0 bridgehead atoms. The van der Waals surface area contributed by atoms with Crippen molar-refractivity contribution >= 4 is 23.0 Å². The SMILES string of the molecule is CC(C)=NN1C(=S)NC2(CCCCC2)[C@H]2CCCC[C@@]21O. The van der Waals surface area contributed by atoms with Crippen molar-refractivity contribution in [3.63, 3.8) is 0 Å². The Hall–Kier alpha value is -0.680. The first-order chi connectivity index (χ1) is 9.98. The van der Waals surface area contributed by atoms with Gasteiger partial charge in [0.25, 0.3) is 0 Å². The van der Waals surface area contributed by atoms with E-state index in [1.807, 2.05) is 13.8 Å². The molecule has 118 valence electrons. The molecule has 2 aliphatic carbocycles. The molecule has 1 spiro atoms. The molecule has 0 aromatic rings. The number of hydrogen-bond acceptors (Lipinski definition) is 3. The zero-order valence-corrected chi connectivity index (χ0v) is 14.0. The molecular formula is C16H27N3OS. The van der Waals surface area contributed by atoms with Gasteiger partial charge in [-0.2, -0.15) is 5.10 Å². The van der Waals surface area contributed by atoms with Gasteiger partial charge in [0.15, 0.2) is 10.8 Å². The zero-order chi connectivity index (χ0) is 15.1. The first-order valence-electron chi connectivity index (χ1n) is 8.34. The summed E-state index contributed by atoms with van der Waals surface area (Å²) < 4.78 is 0. The predicted molar refractivity (Wildman–Crippen MR) is 89.1 cm³/mol. The van der Waals surface area contributed by atoms with Crippen molar-refractivity contribution < 1.29 is 5.11 Å². The highest BCUT2D eigenvalue weighted by molar-refractivity contribution is 7.80. The first kappa shape index (κ1) is 15.2. The van der Waals surface area contributed by atoms with E-state index in [0.29, 0.717) is 5.11 Å². The Bertz CT molecular complexity index is 454. The standard InChI is InChI=1S/C16H27N3OS/c1-12(2)18-19-14(21)17-15(9-5-3-6-10-15)13-8-4-7-11-16(13,19)20/h13,20H,3-11H2,1-2H3,(H,17,21)/t13-,16-/m1/s1. The van der Waals surface area contributed by atoms with E-state index < -0.39 is 5.72 Å². The highest BCUT2D eigenvalue weighted by Gasteiger charge is 2.59. The van der Waals surface area contributed by atoms with E-state index in [4.69, 9.17) is 12.2 Å². The number of nitrogens with one attached hydrogen (secondary N) is 1. The lowest BCUT2D eigenvalue weighted by atomic mass is 9.62. The van der Waals surface area contributed by atoms with Crippen molar-refractivity contribution in [1.29, 1.82) is 0 Å². The Kier molecular flexibility index (Phi) is 3.99. The van der Waals surface area contributed by atoms with Crippen LogP contribution in [-0.2, 0) is 0 Å². The van der Waals surface area contributed by atoms with Crippen molar-refractivity contribution in [2.75, 3.05) is 0 Å². The number of rotatable bonds is 1. The van der Waals surface area contributed by atoms with Crippen LogP contribution < -0.4 is 5.32 Å². The lowest BCUT2D eigenvalue weighted by Gasteiger charge is -2.59. The van der Waals surface area contributed by atoms with Crippen molar-refractivity contribution in [3.8, 4) is 0 Å². The topological polar surface area (TPSA) is 47.9 Å². The molecule has 0 unspecified atom stereocenters. The summed E-state index contributed by atoms with van der Waals surface area (Å²) in [7, 11) is 0. The van der Waals surface area contributed by atoms with E-state index in [-0.39, 0.29) is 11.5 Å². The Morgan fingerprint density at radius 2 is 1.86 bits per heavy atom. The first-order valence-corrected chi connectivity index (χ1v) is 8.75. The molecule has 0 aromatic carbocycles. The highest BCUT2D eigenvalue weighted by atomic mass is 32.1. The molecule has 2 atom stereocenters. The van der Waals surface area contributed by atoms with Gasteiger partial charge in [0, 0.05) is 17.2 Å². The number of fused-ring (bicyclic) bond motifs is 2. The van der Waals surface area contributed by atoms with E-state index in [1.54, 1.807) is 5.01 Å². The molecule has 5 heteroatoms. The minimum atomic E-state index is -0.894. The molecule has 1 saturated heterocycles. The quantitative estimate of drug-likeness (QED) is 0.577. The van der Waals surface area contributed by atoms with Crippen LogP contribution >= 0.6 is 12.2 Å². The summed E-state index contributed by atoms with van der Waals surface area (Å²) in [6, 6.07) is 0. The summed E-state index contributed by atoms with van der Waals surface area (Å²) >= 11 is 5.59. The van der Waals surface area contributed by atoms with Crippen LogP contribution in [0, 0.1) is 5.92 Å². The number of hydrazone groups is 1. The Morgan fingerprint density at radius 3 is 2.52 bits per heavy atom. The molecule has 2 saturated carbocycles. The number of hydrogen-bond donors (Lipinski definition) is 2. The normalized spacial score (nSPS) is 35.1. The third-order valence-electron chi connectivity index (χ3n) is 5.47. The molecule has 1 heterocycles. The molecule has 1 aliphatic heterocycles. The third kappa shape index (κ3) is 2.48. The van der Waals surface area contributed by atoms with E-state index in [9.17, 15) is 5.11 Å². The summed E-state index contributed by atoms with van der Waals surface area (Å²) in [5, 5.41) is 21.9. The van der Waals surface area contributed by atoms with Gasteiger partial charge in [0.2, 0.25) is 0 Å². The van der Waals surface area contributed by atoms with E-state index in [0.717, 1.165) is 37.8 Å². The van der Waals surface area contributed by atoms with E-state index in [1.165, 1.54) is 25.7 Å². The second-order valence-electron chi connectivity index (χ2n) is 7.18. The molecular weight excluding hydrogens is 282 g/mol. The van der Waals surface area contributed by atoms with Gasteiger partial charge in [0.05, 0.1) is 0 Å². The summed E-state index contributed by atoms with van der Waals surface area (Å²) in [5.41, 5.74) is 0.0318. The van der Waals surface area contributed by atoms with Crippen molar-refractivity contribution in [3.05, 3.63) is 0 Å². The van der Waals surface area contributed by atoms with Crippen LogP contribution in [0.1, 0.15) is 71.6 Å². The zero-order valence-electron chi connectivity index (χ0n) is 13.2. The fourth-order valence-electron chi connectivity index (χ4n) is 4.63. The summed E-state index contributed by atoms with van der Waals surface area (Å²) in [4.78, 5) is 0. The van der Waals surface area contributed by atoms with Crippen molar-refractivity contribution in [2.24, 2.45) is 11.0 Å². The van der Waals surface area contributed by atoms with Gasteiger partial charge in [-0.05, 0) is 58.2 Å². The second-order valence-corrected chi connectivity index (χ2v) is 7.57. The number of thiocarbonyl (C=S) groups is 1. The van der Waals surface area contributed by atoms with Crippen LogP contribution in [0.2, 0.25) is 0 Å². The average molecular weight is 309 g/mol. The molecule has 0 amide bonds. The molecule has 0 radical (unpaired) electrons. The smallest absolute Gasteiger partial charge is 0.192 e. The predicted octanol–water partition coefficient (Wildman–Crippen LogP) is 3.15. The monoisotopic (exact) mass is 309 g/mol. The van der Waals surface area contributed by atoms with Crippen LogP contribution in [0.4, 0.5) is 0 Å². The van der Waals surface area contributed by atoms with Crippen molar-refractivity contribution in [1.82, 2.24) is 10.3 Å². The fraction of sp³-hybridized carbons (Fsp3) is 0.875. The maximum absolute atomic E-state index is 11.5. The van der Waals surface area contributed by atoms with Gasteiger partial charge < -0.3 is 10.4 Å². The molecule has 0 aromatic heterocycles. The lowest BCUT2D eigenvalue weighted by Crippen LogP contribution is -2.74. The molecule has 3 fully saturated rings. The lowest BCUT2D eigenvalue weighted by molar-refractivity contribution is -0.181. The minimum absolute atomic E-state index is 0.00182. The highest BCUT2D eigenvalue weighted by Crippen LogP contribution is 2.50. The maximum Gasteiger partial charge on any atom is 0.192 e. The molecule has 3 rings (SSSR count). The third-order valence-corrected chi connectivity index (χ3v) is 5.75. The Labute approximate surface area is 133 Å². The van der Waals surface area contributed by atoms with Crippen LogP contribution in [0.5, 0.6) is 0 Å². The molecule has 21 heavy (non-hydrogen) atoms. The van der Waals surface area contributed by atoms with Gasteiger partial charge in [0.1, 0.15) is 0 Å². The fourth-order valence-corrected chi connectivity index (χ4v) is 5.03. The summed E-state index contributed by atoms with van der Waals surface area (Å²) in [5.74, 6) is 0.230. The van der Waals surface area contributed by atoms with Crippen LogP contribution in [-0.4, -0.2) is 32.2 Å². The average Bonchev–Trinajstić information content (AvgIpc) is 2.44. The van der Waals surface area contributed by atoms with Gasteiger partial charge in [-0.3, -0.25) is 0 Å². The van der Waals surface area contributed by atoms with E-state index in [2.05, 4.69) is 10.4 Å². The summed E-state index contributed by atoms with van der Waals surface area (Å²) in [6.07, 6.45) is 10.1.